The van der Waals surface area contributed by atoms with Crippen LogP contribution < -0.4 is 10.0 Å². The fourth-order valence-corrected chi connectivity index (χ4v) is 5.29. The quantitative estimate of drug-likeness (QED) is 0.207. The summed E-state index contributed by atoms with van der Waals surface area (Å²) in [4.78, 5) is 14.3. The molecule has 3 aromatic rings. The van der Waals surface area contributed by atoms with Crippen molar-refractivity contribution in [2.45, 2.75) is 22.3 Å². The first-order valence-electron chi connectivity index (χ1n) is 10.7. The highest BCUT2D eigenvalue weighted by atomic mass is 32.2. The standard InChI is InChI=1S/C24H28N4O4S2/c1-27(2)16-15-20(18-33-21-11-7-4-8-12-21)25-23-14-13-22(17-24(23)28(29)30)34(31,32)26-19-9-5-3-6-10-19/h3-14,17,20,25-26H,15-16,18H2,1-2H3/t20-/m1/s1. The Labute approximate surface area is 204 Å². The molecule has 180 valence electrons. The van der Waals surface area contributed by atoms with E-state index in [9.17, 15) is 18.5 Å². The molecule has 0 bridgehead atoms. The first kappa shape index (κ1) is 25.5. The SMILES string of the molecule is CN(C)CC[C@H](CSc1ccccc1)Nc1ccc(S(=O)(=O)Nc2ccccc2)cc1[N+](=O)[O-]. The van der Waals surface area contributed by atoms with Crippen molar-refractivity contribution in [2.24, 2.45) is 0 Å². The zero-order valence-electron chi connectivity index (χ0n) is 19.0. The summed E-state index contributed by atoms with van der Waals surface area (Å²) < 4.78 is 28.0. The molecule has 0 spiro atoms. The summed E-state index contributed by atoms with van der Waals surface area (Å²) >= 11 is 1.67. The summed E-state index contributed by atoms with van der Waals surface area (Å²) in [5.74, 6) is 0.699. The average Bonchev–Trinajstić information content (AvgIpc) is 2.81. The second-order valence-corrected chi connectivity index (χ2v) is 10.7. The van der Waals surface area contributed by atoms with Crippen molar-refractivity contribution in [1.29, 1.82) is 0 Å². The topological polar surface area (TPSA) is 105 Å². The summed E-state index contributed by atoms with van der Waals surface area (Å²) in [5.41, 5.74) is 0.394. The van der Waals surface area contributed by atoms with E-state index >= 15 is 0 Å². The molecule has 0 fully saturated rings. The summed E-state index contributed by atoms with van der Waals surface area (Å²) in [6.45, 7) is 0.800. The van der Waals surface area contributed by atoms with Crippen LogP contribution in [0.2, 0.25) is 0 Å². The van der Waals surface area contributed by atoms with Crippen molar-refractivity contribution in [3.63, 3.8) is 0 Å². The lowest BCUT2D eigenvalue weighted by Crippen LogP contribution is -2.28. The largest absolute Gasteiger partial charge is 0.376 e. The molecule has 10 heteroatoms. The molecular formula is C24H28N4O4S2. The third kappa shape index (κ3) is 7.47. The molecule has 0 saturated carbocycles. The molecular weight excluding hydrogens is 472 g/mol. The van der Waals surface area contributed by atoms with Gasteiger partial charge in [-0.1, -0.05) is 36.4 Å². The molecule has 0 radical (unpaired) electrons. The molecule has 2 N–H and O–H groups in total. The smallest absolute Gasteiger partial charge is 0.293 e. The Kier molecular flexibility index (Phi) is 8.91. The Bertz CT molecular complexity index is 1190. The van der Waals surface area contributed by atoms with Crippen molar-refractivity contribution >= 4 is 38.8 Å². The molecule has 8 nitrogen and oxygen atoms in total. The van der Waals surface area contributed by atoms with Gasteiger partial charge in [0.25, 0.3) is 15.7 Å². The van der Waals surface area contributed by atoms with Crippen molar-refractivity contribution in [3.05, 3.63) is 89.0 Å². The number of thioether (sulfide) groups is 1. The maximum atomic E-state index is 12.8. The monoisotopic (exact) mass is 500 g/mol. The van der Waals surface area contributed by atoms with Crippen molar-refractivity contribution in [3.8, 4) is 0 Å². The molecule has 0 aliphatic carbocycles. The van der Waals surface area contributed by atoms with Crippen molar-refractivity contribution in [2.75, 3.05) is 36.4 Å². The van der Waals surface area contributed by atoms with Crippen LogP contribution in [-0.2, 0) is 10.0 Å². The maximum absolute atomic E-state index is 12.8. The number of nitro groups is 1. The van der Waals surface area contributed by atoms with Crippen LogP contribution in [0.25, 0.3) is 0 Å². The molecule has 0 unspecified atom stereocenters. The molecule has 3 rings (SSSR count). The highest BCUT2D eigenvalue weighted by Gasteiger charge is 2.23. The van der Waals surface area contributed by atoms with E-state index in [1.54, 1.807) is 42.1 Å². The van der Waals surface area contributed by atoms with Gasteiger partial charge in [-0.15, -0.1) is 11.8 Å². The summed E-state index contributed by atoms with van der Waals surface area (Å²) in [7, 11) is -0.0244. The van der Waals surface area contributed by atoms with Gasteiger partial charge in [-0.3, -0.25) is 14.8 Å². The molecule has 0 saturated heterocycles. The van der Waals surface area contributed by atoms with E-state index in [0.29, 0.717) is 17.1 Å². The number of nitrogens with zero attached hydrogens (tertiary/aromatic N) is 2. The van der Waals surface area contributed by atoms with Gasteiger partial charge in [0.15, 0.2) is 0 Å². The normalized spacial score (nSPS) is 12.3. The van der Waals surface area contributed by atoms with Crippen molar-refractivity contribution < 1.29 is 13.3 Å². The molecule has 0 aliphatic rings. The lowest BCUT2D eigenvalue weighted by molar-refractivity contribution is -0.384. The van der Waals surface area contributed by atoms with Gasteiger partial charge in [0.2, 0.25) is 0 Å². The predicted molar refractivity (Wildman–Crippen MR) is 138 cm³/mol. The molecule has 0 heterocycles. The van der Waals surface area contributed by atoms with Gasteiger partial charge < -0.3 is 10.2 Å². The number of hydrogen-bond donors (Lipinski definition) is 2. The lowest BCUT2D eigenvalue weighted by atomic mass is 10.2. The fraction of sp³-hybridized carbons (Fsp3) is 0.250. The molecule has 0 aliphatic heterocycles. The zero-order valence-corrected chi connectivity index (χ0v) is 20.7. The molecule has 34 heavy (non-hydrogen) atoms. The number of rotatable bonds is 12. The van der Waals surface area contributed by atoms with Gasteiger partial charge in [-0.05, 0) is 63.5 Å². The van der Waals surface area contributed by atoms with Crippen LogP contribution in [0.4, 0.5) is 17.1 Å². The van der Waals surface area contributed by atoms with Crippen LogP contribution in [0.3, 0.4) is 0 Å². The van der Waals surface area contributed by atoms with Gasteiger partial charge >= 0.3 is 0 Å². The molecule has 1 atom stereocenters. The summed E-state index contributed by atoms with van der Waals surface area (Å²) in [6.07, 6.45) is 0.763. The Morgan fingerprint density at radius 3 is 2.26 bits per heavy atom. The number of benzene rings is 3. The zero-order chi connectivity index (χ0) is 24.6. The van der Waals surface area contributed by atoms with E-state index < -0.39 is 14.9 Å². The first-order valence-corrected chi connectivity index (χ1v) is 13.2. The van der Waals surface area contributed by atoms with E-state index in [4.69, 9.17) is 0 Å². The predicted octanol–water partition coefficient (Wildman–Crippen LogP) is 4.92. The molecule has 3 aromatic carbocycles. The number of sulfonamides is 1. The van der Waals surface area contributed by atoms with Crippen LogP contribution in [0.5, 0.6) is 0 Å². The van der Waals surface area contributed by atoms with E-state index in [-0.39, 0.29) is 16.6 Å². The minimum atomic E-state index is -3.98. The minimum Gasteiger partial charge on any atom is -0.376 e. The first-order chi connectivity index (χ1) is 16.2. The maximum Gasteiger partial charge on any atom is 0.293 e. The second-order valence-electron chi connectivity index (χ2n) is 7.96. The van der Waals surface area contributed by atoms with Crippen LogP contribution in [0, 0.1) is 10.1 Å². The Morgan fingerprint density at radius 1 is 1.00 bits per heavy atom. The Balaban J connectivity index is 1.82. The van der Waals surface area contributed by atoms with Gasteiger partial charge in [0, 0.05) is 28.4 Å². The summed E-state index contributed by atoms with van der Waals surface area (Å²) in [6, 6.07) is 22.2. The minimum absolute atomic E-state index is 0.0591. The van der Waals surface area contributed by atoms with Crippen LogP contribution in [0.15, 0.2) is 88.7 Å². The number of para-hydroxylation sites is 1. The van der Waals surface area contributed by atoms with E-state index in [1.807, 2.05) is 44.4 Å². The Hall–Kier alpha value is -3.08. The van der Waals surface area contributed by atoms with Gasteiger partial charge in [0.1, 0.15) is 5.69 Å². The highest BCUT2D eigenvalue weighted by Crippen LogP contribution is 2.30. The molecule has 0 aromatic heterocycles. The third-order valence-electron chi connectivity index (χ3n) is 4.98. The number of nitro benzene ring substituents is 1. The van der Waals surface area contributed by atoms with Gasteiger partial charge in [-0.2, -0.15) is 0 Å². The van der Waals surface area contributed by atoms with Crippen LogP contribution >= 0.6 is 11.8 Å². The van der Waals surface area contributed by atoms with E-state index in [0.717, 1.165) is 23.9 Å². The number of hydrogen-bond acceptors (Lipinski definition) is 7. The average molecular weight is 501 g/mol. The van der Waals surface area contributed by atoms with Crippen LogP contribution in [-0.4, -0.2) is 50.7 Å². The fourth-order valence-electron chi connectivity index (χ4n) is 3.22. The highest BCUT2D eigenvalue weighted by molar-refractivity contribution is 7.99. The van der Waals surface area contributed by atoms with Gasteiger partial charge in [-0.25, -0.2) is 8.42 Å². The van der Waals surface area contributed by atoms with E-state index in [1.165, 1.54) is 12.1 Å². The lowest BCUT2D eigenvalue weighted by Gasteiger charge is -2.22. The van der Waals surface area contributed by atoms with Crippen molar-refractivity contribution in [1.82, 2.24) is 4.90 Å². The number of anilines is 2. The van der Waals surface area contributed by atoms with Gasteiger partial charge in [0.05, 0.1) is 9.82 Å². The Morgan fingerprint density at radius 2 is 1.65 bits per heavy atom. The molecule has 0 amide bonds. The second kappa shape index (κ2) is 11.9. The summed E-state index contributed by atoms with van der Waals surface area (Å²) in [5, 5.41) is 15.1. The number of nitrogens with one attached hydrogen (secondary N) is 2. The third-order valence-corrected chi connectivity index (χ3v) is 7.53. The van der Waals surface area contributed by atoms with Crippen LogP contribution in [0.1, 0.15) is 6.42 Å². The van der Waals surface area contributed by atoms with E-state index in [2.05, 4.69) is 14.9 Å².